The van der Waals surface area contributed by atoms with Gasteiger partial charge in [-0.15, -0.1) is 0 Å². The Hall–Kier alpha value is -2.71. The lowest BCUT2D eigenvalue weighted by atomic mass is 9.87. The van der Waals surface area contributed by atoms with E-state index in [0.717, 1.165) is 44.6 Å². The van der Waals surface area contributed by atoms with Crippen LogP contribution >= 0.6 is 0 Å². The highest BCUT2D eigenvalue weighted by molar-refractivity contribution is 5.78. The van der Waals surface area contributed by atoms with E-state index in [4.69, 9.17) is 9.26 Å². The van der Waals surface area contributed by atoms with Crippen molar-refractivity contribution >= 4 is 11.9 Å². The molecule has 7 nitrogen and oxygen atoms in total. The summed E-state index contributed by atoms with van der Waals surface area (Å²) >= 11 is 0. The Balaban J connectivity index is 1.24. The van der Waals surface area contributed by atoms with Gasteiger partial charge in [-0.25, -0.2) is 8.78 Å². The van der Waals surface area contributed by atoms with Crippen LogP contribution in [0.15, 0.2) is 16.7 Å². The van der Waals surface area contributed by atoms with Gasteiger partial charge in [-0.2, -0.15) is 4.98 Å². The standard InChI is InChI=1S/C26H36F2N4O3/c1-16(2)24-29-25(35-30-24)32-9-6-17(7-10-32)20-15-26(20,3)8-11-34-18-12-21(27)19(22(28)13-18)14-23(33)31(4)5/h12-13,16-17,20H,6-11,14-15H2,1-5H3. The molecule has 9 heteroatoms. The van der Waals surface area contributed by atoms with Crippen molar-refractivity contribution in [3.63, 3.8) is 0 Å². The molecule has 0 bridgehead atoms. The molecule has 2 fully saturated rings. The Morgan fingerprint density at radius 3 is 2.49 bits per heavy atom. The maximum Gasteiger partial charge on any atom is 0.324 e. The number of rotatable bonds is 9. The van der Waals surface area contributed by atoms with Crippen LogP contribution in [0.25, 0.3) is 0 Å². The van der Waals surface area contributed by atoms with Gasteiger partial charge >= 0.3 is 6.01 Å². The number of likely N-dealkylation sites (N-methyl/N-ethyl adjacent to an activating group) is 1. The molecule has 0 radical (unpaired) electrons. The average Bonchev–Trinajstić information content (AvgIpc) is 3.23. The van der Waals surface area contributed by atoms with Gasteiger partial charge in [0.15, 0.2) is 5.82 Å². The highest BCUT2D eigenvalue weighted by Crippen LogP contribution is 2.60. The first kappa shape index (κ1) is 25.4. The molecule has 1 saturated carbocycles. The molecule has 1 amide bonds. The van der Waals surface area contributed by atoms with E-state index in [1.54, 1.807) is 14.1 Å². The lowest BCUT2D eigenvalue weighted by Crippen LogP contribution is -2.35. The highest BCUT2D eigenvalue weighted by atomic mass is 19.1. The number of hydrogen-bond acceptors (Lipinski definition) is 6. The predicted molar refractivity (Wildman–Crippen MR) is 128 cm³/mol. The second-order valence-electron chi connectivity index (χ2n) is 10.8. The topological polar surface area (TPSA) is 71.7 Å². The van der Waals surface area contributed by atoms with Crippen LogP contribution in [0.1, 0.15) is 63.8 Å². The van der Waals surface area contributed by atoms with E-state index in [9.17, 15) is 13.6 Å². The number of aromatic nitrogens is 2. The number of anilines is 1. The van der Waals surface area contributed by atoms with Crippen molar-refractivity contribution in [2.75, 3.05) is 38.7 Å². The third kappa shape index (κ3) is 5.76. The zero-order valence-electron chi connectivity index (χ0n) is 21.3. The normalized spacial score (nSPS) is 22.5. The fraction of sp³-hybridized carbons (Fsp3) is 0.654. The SMILES string of the molecule is CC(C)c1noc(N2CCC(C3CC3(C)CCOc3cc(F)c(CC(=O)N(C)C)c(F)c3)CC2)n1. The lowest BCUT2D eigenvalue weighted by molar-refractivity contribution is -0.128. The van der Waals surface area contributed by atoms with Crippen molar-refractivity contribution in [1.29, 1.82) is 0 Å². The molecule has 2 heterocycles. The largest absolute Gasteiger partial charge is 0.493 e. The van der Waals surface area contributed by atoms with Gasteiger partial charge in [0.05, 0.1) is 13.0 Å². The van der Waals surface area contributed by atoms with Gasteiger partial charge in [0.25, 0.3) is 0 Å². The van der Waals surface area contributed by atoms with Crippen molar-refractivity contribution < 1.29 is 22.8 Å². The van der Waals surface area contributed by atoms with Gasteiger partial charge < -0.3 is 19.1 Å². The Bertz CT molecular complexity index is 1030. The molecule has 1 aromatic carbocycles. The van der Waals surface area contributed by atoms with Crippen molar-refractivity contribution in [2.45, 2.75) is 58.8 Å². The van der Waals surface area contributed by atoms with E-state index in [1.807, 2.05) is 0 Å². The Kier molecular flexibility index (Phi) is 7.33. The van der Waals surface area contributed by atoms with Gasteiger partial charge in [0.1, 0.15) is 17.4 Å². The number of nitrogens with zero attached hydrogens (tertiary/aromatic N) is 4. The molecule has 4 rings (SSSR count). The second-order valence-corrected chi connectivity index (χ2v) is 10.8. The van der Waals surface area contributed by atoms with Crippen molar-refractivity contribution in [3.8, 4) is 5.75 Å². The van der Waals surface area contributed by atoms with E-state index < -0.39 is 11.6 Å². The summed E-state index contributed by atoms with van der Waals surface area (Å²) in [7, 11) is 3.11. The Morgan fingerprint density at radius 1 is 1.26 bits per heavy atom. The monoisotopic (exact) mass is 490 g/mol. The lowest BCUT2D eigenvalue weighted by Gasteiger charge is -2.31. The first-order chi connectivity index (χ1) is 16.6. The number of ether oxygens (including phenoxy) is 1. The molecule has 0 spiro atoms. The highest BCUT2D eigenvalue weighted by Gasteiger charge is 2.53. The number of amides is 1. The third-order valence-corrected chi connectivity index (χ3v) is 7.63. The van der Waals surface area contributed by atoms with Crippen LogP contribution < -0.4 is 9.64 Å². The van der Waals surface area contributed by atoms with Crippen LogP contribution in [-0.4, -0.2) is 54.7 Å². The van der Waals surface area contributed by atoms with Crippen LogP contribution in [-0.2, 0) is 11.2 Å². The van der Waals surface area contributed by atoms with Crippen LogP contribution in [0, 0.1) is 28.9 Å². The molecule has 1 aliphatic heterocycles. The molecule has 1 aliphatic carbocycles. The molecule has 2 atom stereocenters. The van der Waals surface area contributed by atoms with Crippen LogP contribution in [0.2, 0.25) is 0 Å². The smallest absolute Gasteiger partial charge is 0.324 e. The molecule has 35 heavy (non-hydrogen) atoms. The summed E-state index contributed by atoms with van der Waals surface area (Å²) in [6.07, 6.45) is 3.85. The van der Waals surface area contributed by atoms with Gasteiger partial charge in [0.2, 0.25) is 5.91 Å². The molecule has 192 valence electrons. The Morgan fingerprint density at radius 2 is 1.91 bits per heavy atom. The maximum atomic E-state index is 14.4. The molecular weight excluding hydrogens is 454 g/mol. The fourth-order valence-corrected chi connectivity index (χ4v) is 5.09. The summed E-state index contributed by atoms with van der Waals surface area (Å²) in [6, 6.07) is 2.97. The molecule has 1 aromatic heterocycles. The number of carbonyl (C=O) groups is 1. The summed E-state index contributed by atoms with van der Waals surface area (Å²) in [5.41, 5.74) is -0.0327. The van der Waals surface area contributed by atoms with Crippen molar-refractivity contribution in [3.05, 3.63) is 35.2 Å². The summed E-state index contributed by atoms with van der Waals surface area (Å²) in [4.78, 5) is 19.8. The number of halogens is 2. The molecular formula is C26H36F2N4O3. The van der Waals surface area contributed by atoms with Gasteiger partial charge in [-0.3, -0.25) is 4.79 Å². The number of carbonyl (C=O) groups excluding carboxylic acids is 1. The minimum atomic E-state index is -0.751. The van der Waals surface area contributed by atoms with E-state index in [2.05, 4.69) is 35.8 Å². The molecule has 2 unspecified atom stereocenters. The maximum absolute atomic E-state index is 14.4. The molecule has 2 aromatic rings. The second kappa shape index (κ2) is 10.1. The fourth-order valence-electron chi connectivity index (χ4n) is 5.09. The van der Waals surface area contributed by atoms with Crippen molar-refractivity contribution in [1.82, 2.24) is 15.0 Å². The first-order valence-corrected chi connectivity index (χ1v) is 12.5. The van der Waals surface area contributed by atoms with E-state index in [0.29, 0.717) is 24.5 Å². The Labute approximate surface area is 205 Å². The van der Waals surface area contributed by atoms with Crippen molar-refractivity contribution in [2.24, 2.45) is 17.3 Å². The molecule has 0 N–H and O–H groups in total. The number of hydrogen-bond donors (Lipinski definition) is 0. The summed E-state index contributed by atoms with van der Waals surface area (Å²) in [5.74, 6) is 0.578. The van der Waals surface area contributed by atoms with Crippen LogP contribution in [0.5, 0.6) is 5.75 Å². The molecule has 2 aliphatic rings. The van der Waals surface area contributed by atoms with Gasteiger partial charge in [-0.05, 0) is 42.9 Å². The van der Waals surface area contributed by atoms with Gasteiger partial charge in [0, 0.05) is 50.8 Å². The third-order valence-electron chi connectivity index (χ3n) is 7.63. The van der Waals surface area contributed by atoms with Gasteiger partial charge in [-0.1, -0.05) is 25.9 Å². The number of benzene rings is 1. The minimum absolute atomic E-state index is 0.162. The summed E-state index contributed by atoms with van der Waals surface area (Å²) < 4.78 is 40.0. The minimum Gasteiger partial charge on any atom is -0.493 e. The van der Waals surface area contributed by atoms with Crippen LogP contribution in [0.4, 0.5) is 14.8 Å². The molecule has 1 saturated heterocycles. The quantitative estimate of drug-likeness (QED) is 0.502. The van der Waals surface area contributed by atoms with E-state index in [-0.39, 0.29) is 35.0 Å². The van der Waals surface area contributed by atoms with E-state index in [1.165, 1.54) is 17.0 Å². The van der Waals surface area contributed by atoms with E-state index >= 15 is 0 Å². The van der Waals surface area contributed by atoms with Crippen LogP contribution in [0.3, 0.4) is 0 Å². The summed E-state index contributed by atoms with van der Waals surface area (Å²) in [6.45, 7) is 8.60. The predicted octanol–water partition coefficient (Wildman–Crippen LogP) is 4.81. The first-order valence-electron chi connectivity index (χ1n) is 12.5. The number of piperidine rings is 1. The summed E-state index contributed by atoms with van der Waals surface area (Å²) in [5, 5.41) is 4.07. The zero-order valence-corrected chi connectivity index (χ0v) is 21.3. The average molecular weight is 491 g/mol. The zero-order chi connectivity index (χ0) is 25.3.